The van der Waals surface area contributed by atoms with Crippen molar-refractivity contribution in [2.45, 2.75) is 24.4 Å². The maximum absolute atomic E-state index is 13.0. The van der Waals surface area contributed by atoms with E-state index in [2.05, 4.69) is 15.3 Å². The number of rotatable bonds is 4. The number of hydrogen-bond acceptors (Lipinski definition) is 2. The van der Waals surface area contributed by atoms with Crippen LogP contribution >= 0.6 is 11.6 Å². The number of nitrogens with two attached hydrogens (primary N) is 1. The molecule has 3 rings (SSSR count). The van der Waals surface area contributed by atoms with E-state index in [9.17, 15) is 13.2 Å². The van der Waals surface area contributed by atoms with Crippen molar-refractivity contribution in [2.24, 2.45) is 10.7 Å². The maximum atomic E-state index is 13.0. The number of pyridine rings is 1. The molecule has 3 N–H and O–H groups in total. The lowest BCUT2D eigenvalue weighted by atomic mass is 9.94. The van der Waals surface area contributed by atoms with Gasteiger partial charge in [-0.1, -0.05) is 17.7 Å². The number of aliphatic imine (C=N–C) groups is 1. The van der Waals surface area contributed by atoms with Gasteiger partial charge in [0.2, 0.25) is 0 Å². The smallest absolute Gasteiger partial charge is 0.370 e. The molecule has 0 unspecified atom stereocenters. The topological polar surface area (TPSA) is 63.3 Å². The van der Waals surface area contributed by atoms with Gasteiger partial charge in [0.1, 0.15) is 5.82 Å². The van der Waals surface area contributed by atoms with Gasteiger partial charge in [-0.3, -0.25) is 4.99 Å². The van der Waals surface area contributed by atoms with Gasteiger partial charge in [0.25, 0.3) is 0 Å². The molecule has 0 spiro atoms. The van der Waals surface area contributed by atoms with Gasteiger partial charge in [0, 0.05) is 16.6 Å². The highest BCUT2D eigenvalue weighted by Crippen LogP contribution is 2.51. The minimum Gasteiger partial charge on any atom is -0.370 e. The number of guanidine groups is 1. The molecule has 25 heavy (non-hydrogen) atoms. The summed E-state index contributed by atoms with van der Waals surface area (Å²) in [6, 6.07) is 8.70. The summed E-state index contributed by atoms with van der Waals surface area (Å²) in [7, 11) is 0. The molecule has 1 saturated carbocycles. The van der Waals surface area contributed by atoms with Crippen LogP contribution in [0.4, 0.5) is 19.0 Å². The van der Waals surface area contributed by atoms with Crippen LogP contribution < -0.4 is 11.1 Å². The number of hydrogen-bond donors (Lipinski definition) is 2. The normalized spacial score (nSPS) is 16.6. The Bertz CT molecular complexity index is 786. The molecule has 0 saturated heterocycles. The van der Waals surface area contributed by atoms with Gasteiger partial charge in [0.05, 0.1) is 12.1 Å². The van der Waals surface area contributed by atoms with E-state index < -0.39 is 17.2 Å². The molecule has 1 aliphatic rings. The third-order valence-electron chi connectivity index (χ3n) is 4.19. The van der Waals surface area contributed by atoms with E-state index in [-0.39, 0.29) is 12.5 Å². The van der Waals surface area contributed by atoms with Crippen molar-refractivity contribution in [1.29, 1.82) is 0 Å². The maximum Gasteiger partial charge on any atom is 0.416 e. The summed E-state index contributed by atoms with van der Waals surface area (Å²) in [5.74, 6) is 0.707. The molecule has 0 atom stereocenters. The Morgan fingerprint density at radius 1 is 1.28 bits per heavy atom. The molecule has 1 aromatic carbocycles. The lowest BCUT2D eigenvalue weighted by Crippen LogP contribution is -2.25. The molecule has 1 aliphatic carbocycles. The van der Waals surface area contributed by atoms with Crippen molar-refractivity contribution in [1.82, 2.24) is 4.98 Å². The third-order valence-corrected chi connectivity index (χ3v) is 4.52. The molecule has 1 heterocycles. The zero-order valence-electron chi connectivity index (χ0n) is 13.1. The van der Waals surface area contributed by atoms with Crippen LogP contribution in [-0.4, -0.2) is 17.5 Å². The number of anilines is 1. The predicted molar refractivity (Wildman–Crippen MR) is 91.7 cm³/mol. The van der Waals surface area contributed by atoms with E-state index in [0.717, 1.165) is 12.1 Å². The van der Waals surface area contributed by atoms with E-state index >= 15 is 0 Å². The molecular weight excluding hydrogens is 353 g/mol. The van der Waals surface area contributed by atoms with Gasteiger partial charge < -0.3 is 11.1 Å². The quantitative estimate of drug-likeness (QED) is 0.627. The van der Waals surface area contributed by atoms with Crippen molar-refractivity contribution in [3.63, 3.8) is 0 Å². The fourth-order valence-corrected chi connectivity index (χ4v) is 2.93. The first-order valence-electron chi connectivity index (χ1n) is 7.65. The Hall–Kier alpha value is -2.28. The predicted octanol–water partition coefficient (Wildman–Crippen LogP) is 4.21. The van der Waals surface area contributed by atoms with E-state index in [1.807, 2.05) is 0 Å². The van der Waals surface area contributed by atoms with Crippen LogP contribution in [0.5, 0.6) is 0 Å². The minimum absolute atomic E-state index is 0.160. The number of halogens is 4. The van der Waals surface area contributed by atoms with E-state index in [1.165, 1.54) is 6.07 Å². The average molecular weight is 369 g/mol. The number of nitrogens with one attached hydrogen (secondary N) is 1. The van der Waals surface area contributed by atoms with Crippen molar-refractivity contribution >= 4 is 23.4 Å². The zero-order chi connectivity index (χ0) is 18.1. The van der Waals surface area contributed by atoms with Gasteiger partial charge in [-0.25, -0.2) is 4.98 Å². The summed E-state index contributed by atoms with van der Waals surface area (Å²) >= 11 is 6.14. The summed E-state index contributed by atoms with van der Waals surface area (Å²) in [6.07, 6.45) is -1.36. The SMILES string of the molecule is NC(=NCC1(c2cc(C(F)(F)F)ccc2Cl)CC1)Nc1ccccn1. The van der Waals surface area contributed by atoms with Crippen LogP contribution in [0.3, 0.4) is 0 Å². The van der Waals surface area contributed by atoms with Crippen molar-refractivity contribution in [3.05, 3.63) is 58.7 Å². The molecule has 0 radical (unpaired) electrons. The standard InChI is InChI=1S/C17H16ClF3N4/c18-13-5-4-11(17(19,20)21)9-12(13)16(6-7-16)10-24-15(22)25-14-3-1-2-8-23-14/h1-5,8-9H,6-7,10H2,(H3,22,23,24,25). The van der Waals surface area contributed by atoms with Crippen LogP contribution in [-0.2, 0) is 11.6 Å². The Kier molecular flexibility index (Phi) is 4.60. The summed E-state index contributed by atoms with van der Waals surface area (Å²) in [5, 5.41) is 3.16. The Morgan fingerprint density at radius 2 is 2.04 bits per heavy atom. The first kappa shape index (κ1) is 17.5. The second kappa shape index (κ2) is 6.55. The Morgan fingerprint density at radius 3 is 2.64 bits per heavy atom. The summed E-state index contributed by atoms with van der Waals surface area (Å²) in [6.45, 7) is 0.264. The van der Waals surface area contributed by atoms with E-state index in [1.54, 1.807) is 24.4 Å². The van der Waals surface area contributed by atoms with E-state index in [0.29, 0.717) is 29.2 Å². The van der Waals surface area contributed by atoms with Crippen molar-refractivity contribution in [3.8, 4) is 0 Å². The highest BCUT2D eigenvalue weighted by Gasteiger charge is 2.46. The second-order valence-electron chi connectivity index (χ2n) is 6.01. The van der Waals surface area contributed by atoms with Crippen LogP contribution in [0.2, 0.25) is 5.02 Å². The average Bonchev–Trinajstić information content (AvgIpc) is 3.34. The van der Waals surface area contributed by atoms with Crippen LogP contribution in [0.15, 0.2) is 47.6 Å². The number of alkyl halides is 3. The first-order valence-corrected chi connectivity index (χ1v) is 8.03. The fourth-order valence-electron chi connectivity index (χ4n) is 2.62. The summed E-state index contributed by atoms with van der Waals surface area (Å²) < 4.78 is 38.9. The van der Waals surface area contributed by atoms with Gasteiger partial charge in [-0.05, 0) is 48.7 Å². The summed E-state index contributed by atoms with van der Waals surface area (Å²) in [4.78, 5) is 8.34. The second-order valence-corrected chi connectivity index (χ2v) is 6.42. The molecule has 132 valence electrons. The Balaban J connectivity index is 1.78. The molecular formula is C17H16ClF3N4. The van der Waals surface area contributed by atoms with Crippen molar-refractivity contribution < 1.29 is 13.2 Å². The molecule has 1 fully saturated rings. The lowest BCUT2D eigenvalue weighted by Gasteiger charge is -2.18. The van der Waals surface area contributed by atoms with E-state index in [4.69, 9.17) is 17.3 Å². The van der Waals surface area contributed by atoms with Crippen LogP contribution in [0.25, 0.3) is 0 Å². The fraction of sp³-hybridized carbons (Fsp3) is 0.294. The van der Waals surface area contributed by atoms with Crippen LogP contribution in [0, 0.1) is 0 Å². The number of nitrogens with zero attached hydrogens (tertiary/aromatic N) is 2. The first-order chi connectivity index (χ1) is 11.8. The lowest BCUT2D eigenvalue weighted by molar-refractivity contribution is -0.137. The zero-order valence-corrected chi connectivity index (χ0v) is 13.9. The minimum atomic E-state index is -4.40. The van der Waals surface area contributed by atoms with Crippen LogP contribution in [0.1, 0.15) is 24.0 Å². The third kappa shape index (κ3) is 4.04. The van der Waals surface area contributed by atoms with Crippen molar-refractivity contribution in [2.75, 3.05) is 11.9 Å². The highest BCUT2D eigenvalue weighted by atomic mass is 35.5. The Labute approximate surface area is 147 Å². The largest absolute Gasteiger partial charge is 0.416 e. The molecule has 4 nitrogen and oxygen atoms in total. The number of benzene rings is 1. The number of aromatic nitrogens is 1. The highest BCUT2D eigenvalue weighted by molar-refractivity contribution is 6.31. The molecule has 0 aliphatic heterocycles. The van der Waals surface area contributed by atoms with Gasteiger partial charge in [0.15, 0.2) is 5.96 Å². The molecule has 8 heteroatoms. The molecule has 2 aromatic rings. The summed E-state index contributed by atoms with van der Waals surface area (Å²) in [5.41, 5.74) is 5.11. The molecule has 0 bridgehead atoms. The van der Waals surface area contributed by atoms with Gasteiger partial charge >= 0.3 is 6.18 Å². The molecule has 0 amide bonds. The van der Waals surface area contributed by atoms with Gasteiger partial charge in [-0.15, -0.1) is 0 Å². The molecule has 1 aromatic heterocycles. The monoisotopic (exact) mass is 368 g/mol. The van der Waals surface area contributed by atoms with Gasteiger partial charge in [-0.2, -0.15) is 13.2 Å².